The molecule has 0 spiro atoms. The molecule has 3 aromatic rings. The molecule has 198 valence electrons. The lowest BCUT2D eigenvalue weighted by atomic mass is 10.0. The number of likely N-dealkylation sites (tertiary alicyclic amines) is 1. The largest absolute Gasteiger partial charge is 0.453 e. The van der Waals surface area contributed by atoms with Crippen molar-refractivity contribution in [1.29, 1.82) is 5.53 Å². The number of aromatic nitrogens is 2. The Morgan fingerprint density at radius 2 is 1.92 bits per heavy atom. The van der Waals surface area contributed by atoms with Crippen molar-refractivity contribution in [2.24, 2.45) is 16.0 Å². The van der Waals surface area contributed by atoms with Gasteiger partial charge in [0.2, 0.25) is 5.91 Å². The number of alkyl carbamates (subject to hydrolysis) is 1. The predicted octanol–water partition coefficient (Wildman–Crippen LogP) is 5.60. The van der Waals surface area contributed by atoms with Gasteiger partial charge in [-0.25, -0.2) is 15.3 Å². The Kier molecular flexibility index (Phi) is 8.62. The van der Waals surface area contributed by atoms with Gasteiger partial charge in [0.25, 0.3) is 0 Å². The Balaban J connectivity index is 1.46. The van der Waals surface area contributed by atoms with Gasteiger partial charge in [-0.15, -0.1) is 0 Å². The maximum Gasteiger partial charge on any atom is 0.407 e. The minimum Gasteiger partial charge on any atom is -0.453 e. The van der Waals surface area contributed by atoms with Crippen LogP contribution in [0.15, 0.2) is 70.9 Å². The SMILES string of the molecule is COC(=O)NC(C(=O)N1CCCC1c1ncc(-c2ccc(N=CC(N=N)c3ccccc3)cc2)[nH]1)C(C)C. The van der Waals surface area contributed by atoms with E-state index in [0.717, 1.165) is 41.2 Å². The van der Waals surface area contributed by atoms with Crippen LogP contribution >= 0.6 is 0 Å². The molecule has 3 atom stereocenters. The number of carbonyl (C=O) groups excluding carboxylic acids is 2. The molecule has 4 rings (SSSR count). The van der Waals surface area contributed by atoms with Crippen molar-refractivity contribution in [3.8, 4) is 11.3 Å². The average molecular weight is 516 g/mol. The number of nitrogens with one attached hydrogen (secondary N) is 3. The van der Waals surface area contributed by atoms with E-state index < -0.39 is 18.2 Å². The third-order valence-corrected chi connectivity index (χ3v) is 6.66. The van der Waals surface area contributed by atoms with Crippen molar-refractivity contribution < 1.29 is 14.3 Å². The molecule has 10 nitrogen and oxygen atoms in total. The molecule has 10 heteroatoms. The molecule has 0 saturated carbocycles. The fourth-order valence-electron chi connectivity index (χ4n) is 4.57. The average Bonchev–Trinajstić information content (AvgIpc) is 3.62. The molecule has 1 saturated heterocycles. The summed E-state index contributed by atoms with van der Waals surface area (Å²) in [7, 11) is 1.29. The van der Waals surface area contributed by atoms with E-state index in [0.29, 0.717) is 6.54 Å². The number of methoxy groups -OCH3 is 1. The van der Waals surface area contributed by atoms with Gasteiger partial charge in [-0.3, -0.25) is 9.79 Å². The number of hydrogen-bond donors (Lipinski definition) is 3. The van der Waals surface area contributed by atoms with E-state index in [2.05, 4.69) is 25.4 Å². The predicted molar refractivity (Wildman–Crippen MR) is 144 cm³/mol. The summed E-state index contributed by atoms with van der Waals surface area (Å²) in [5.41, 5.74) is 10.9. The molecule has 1 aliphatic rings. The number of rotatable bonds is 9. The normalized spacial score (nSPS) is 16.9. The fourth-order valence-corrected chi connectivity index (χ4v) is 4.57. The van der Waals surface area contributed by atoms with Crippen molar-refractivity contribution in [1.82, 2.24) is 20.2 Å². The number of imidazole rings is 1. The van der Waals surface area contributed by atoms with Gasteiger partial charge in [-0.2, -0.15) is 5.11 Å². The summed E-state index contributed by atoms with van der Waals surface area (Å²) in [4.78, 5) is 39.4. The van der Waals surface area contributed by atoms with Gasteiger partial charge in [0, 0.05) is 12.8 Å². The second-order valence-corrected chi connectivity index (χ2v) is 9.54. The van der Waals surface area contributed by atoms with Crippen LogP contribution in [0.25, 0.3) is 11.3 Å². The summed E-state index contributed by atoms with van der Waals surface area (Å²) in [5, 5.41) is 6.34. The molecule has 1 aliphatic heterocycles. The first-order valence-corrected chi connectivity index (χ1v) is 12.7. The van der Waals surface area contributed by atoms with E-state index in [1.807, 2.05) is 68.4 Å². The van der Waals surface area contributed by atoms with Gasteiger partial charge >= 0.3 is 6.09 Å². The molecule has 2 aromatic carbocycles. The minimum atomic E-state index is -0.671. The summed E-state index contributed by atoms with van der Waals surface area (Å²) in [6, 6.07) is 16.0. The number of benzene rings is 2. The molecule has 1 aromatic heterocycles. The second-order valence-electron chi connectivity index (χ2n) is 9.54. The van der Waals surface area contributed by atoms with Crippen LogP contribution < -0.4 is 5.32 Å². The maximum atomic E-state index is 13.3. The molecule has 0 radical (unpaired) electrons. The molecular formula is C28H33N7O3. The van der Waals surface area contributed by atoms with Crippen molar-refractivity contribution >= 4 is 23.9 Å². The molecule has 0 aliphatic carbocycles. The molecule has 1 fully saturated rings. The van der Waals surface area contributed by atoms with E-state index in [1.54, 1.807) is 17.3 Å². The van der Waals surface area contributed by atoms with Crippen molar-refractivity contribution in [3.63, 3.8) is 0 Å². The lowest BCUT2D eigenvalue weighted by molar-refractivity contribution is -0.135. The van der Waals surface area contributed by atoms with Crippen LogP contribution in [0.2, 0.25) is 0 Å². The summed E-state index contributed by atoms with van der Waals surface area (Å²) < 4.78 is 4.71. The number of ether oxygens (including phenoxy) is 1. The van der Waals surface area contributed by atoms with Gasteiger partial charge in [0.1, 0.15) is 17.9 Å². The van der Waals surface area contributed by atoms with Crippen LogP contribution in [0.1, 0.15) is 50.2 Å². The van der Waals surface area contributed by atoms with E-state index in [4.69, 9.17) is 10.3 Å². The van der Waals surface area contributed by atoms with Crippen molar-refractivity contribution in [2.45, 2.75) is 44.8 Å². The van der Waals surface area contributed by atoms with Crippen LogP contribution in [0.4, 0.5) is 10.5 Å². The summed E-state index contributed by atoms with van der Waals surface area (Å²) in [5.74, 6) is 0.492. The van der Waals surface area contributed by atoms with Gasteiger partial charge < -0.3 is 19.9 Å². The second kappa shape index (κ2) is 12.3. The Morgan fingerprint density at radius 3 is 2.58 bits per heavy atom. The first-order valence-electron chi connectivity index (χ1n) is 12.7. The highest BCUT2D eigenvalue weighted by Gasteiger charge is 2.37. The summed E-state index contributed by atoms with van der Waals surface area (Å²) in [6.07, 6.45) is 4.46. The number of aliphatic imine (C=N–C) groups is 1. The van der Waals surface area contributed by atoms with Crippen LogP contribution in [-0.4, -0.2) is 52.8 Å². The monoisotopic (exact) mass is 515 g/mol. The van der Waals surface area contributed by atoms with Gasteiger partial charge in [-0.05, 0) is 42.0 Å². The van der Waals surface area contributed by atoms with Crippen molar-refractivity contribution in [3.05, 3.63) is 72.2 Å². The Hall–Kier alpha value is -4.34. The quantitative estimate of drug-likeness (QED) is 0.253. The molecule has 3 N–H and O–H groups in total. The highest BCUT2D eigenvalue weighted by molar-refractivity contribution is 5.86. The van der Waals surface area contributed by atoms with Crippen molar-refractivity contribution in [2.75, 3.05) is 13.7 Å². The highest BCUT2D eigenvalue weighted by Crippen LogP contribution is 2.33. The summed E-state index contributed by atoms with van der Waals surface area (Å²) >= 11 is 0. The molecule has 38 heavy (non-hydrogen) atoms. The molecule has 0 bridgehead atoms. The molecule has 3 unspecified atom stereocenters. The standard InChI is InChI=1S/C28H33N7O3/c1-18(2)25(33-28(37)38-3)27(36)35-15-7-10-24(35)26-31-16-22(32-26)20-11-13-21(14-12-20)30-17-23(34-29)19-8-5-4-6-9-19/h4-6,8-9,11-14,16-18,23-25,29H,7,10,15H2,1-3H3,(H,31,32)(H,33,37). The zero-order valence-electron chi connectivity index (χ0n) is 21.8. The topological polar surface area (TPSA) is 136 Å². The lowest BCUT2D eigenvalue weighted by Gasteiger charge is -2.30. The zero-order valence-corrected chi connectivity index (χ0v) is 21.8. The lowest BCUT2D eigenvalue weighted by Crippen LogP contribution is -2.51. The van der Waals surface area contributed by atoms with E-state index in [1.165, 1.54) is 7.11 Å². The van der Waals surface area contributed by atoms with Crippen LogP contribution in [0.3, 0.4) is 0 Å². The third-order valence-electron chi connectivity index (χ3n) is 6.66. The Morgan fingerprint density at radius 1 is 1.18 bits per heavy atom. The van der Waals surface area contributed by atoms with E-state index >= 15 is 0 Å². The minimum absolute atomic E-state index is 0.0889. The van der Waals surface area contributed by atoms with E-state index in [-0.39, 0.29) is 17.9 Å². The smallest absolute Gasteiger partial charge is 0.407 e. The number of nitrogens with zero attached hydrogens (tertiary/aromatic N) is 4. The zero-order chi connectivity index (χ0) is 27.1. The van der Waals surface area contributed by atoms with Crippen LogP contribution in [0, 0.1) is 11.4 Å². The van der Waals surface area contributed by atoms with Gasteiger partial charge in [0.15, 0.2) is 0 Å². The maximum absolute atomic E-state index is 13.3. The van der Waals surface area contributed by atoms with E-state index in [9.17, 15) is 9.59 Å². The third kappa shape index (κ3) is 6.13. The number of carbonyl (C=O) groups is 2. The first-order chi connectivity index (χ1) is 18.4. The molecular weight excluding hydrogens is 482 g/mol. The molecule has 2 heterocycles. The van der Waals surface area contributed by atoms with Crippen LogP contribution in [0.5, 0.6) is 0 Å². The number of H-pyrrole nitrogens is 1. The van der Waals surface area contributed by atoms with Gasteiger partial charge in [-0.1, -0.05) is 56.3 Å². The first kappa shape index (κ1) is 26.7. The Labute approximate surface area is 222 Å². The van der Waals surface area contributed by atoms with Crippen LogP contribution in [-0.2, 0) is 9.53 Å². The molecule has 2 amide bonds. The number of aromatic amines is 1. The Bertz CT molecular complexity index is 1270. The number of hydrogen-bond acceptors (Lipinski definition) is 7. The fraction of sp³-hybridized carbons (Fsp3) is 0.357. The number of amides is 2. The summed E-state index contributed by atoms with van der Waals surface area (Å²) in [6.45, 7) is 4.39. The highest BCUT2D eigenvalue weighted by atomic mass is 16.5. The van der Waals surface area contributed by atoms with Gasteiger partial charge in [0.05, 0.1) is 30.7 Å².